The van der Waals surface area contributed by atoms with E-state index in [4.69, 9.17) is 0 Å². The minimum absolute atomic E-state index is 0.320. The second-order valence-electron chi connectivity index (χ2n) is 5.29. The zero-order chi connectivity index (χ0) is 13.7. The number of rotatable bonds is 4. The van der Waals surface area contributed by atoms with Gasteiger partial charge in [-0.15, -0.1) is 23.5 Å². The predicted octanol–water partition coefficient (Wildman–Crippen LogP) is 5.04. The van der Waals surface area contributed by atoms with E-state index in [9.17, 15) is 0 Å². The lowest BCUT2D eigenvalue weighted by molar-refractivity contribution is 0.774. The van der Waals surface area contributed by atoms with Crippen molar-refractivity contribution in [1.82, 2.24) is 0 Å². The maximum absolute atomic E-state index is 2.27. The van der Waals surface area contributed by atoms with Gasteiger partial charge in [-0.1, -0.05) is 60.7 Å². The number of hydrogen-bond acceptors (Lipinski definition) is 2. The van der Waals surface area contributed by atoms with E-state index in [1.165, 1.54) is 29.1 Å². The molecule has 3 rings (SSSR count). The highest BCUT2D eigenvalue weighted by Gasteiger charge is 2.34. The Morgan fingerprint density at radius 2 is 1.15 bits per heavy atom. The van der Waals surface area contributed by atoms with Gasteiger partial charge in [-0.25, -0.2) is 0 Å². The third-order valence-electron chi connectivity index (χ3n) is 3.65. The van der Waals surface area contributed by atoms with Crippen molar-refractivity contribution in [3.63, 3.8) is 0 Å². The van der Waals surface area contributed by atoms with Gasteiger partial charge in [0.25, 0.3) is 0 Å². The SMILES string of the molecule is c1ccc(CC2(Cc3ccccc3)SCCCS2)cc1. The van der Waals surface area contributed by atoms with Crippen LogP contribution in [0, 0.1) is 0 Å². The van der Waals surface area contributed by atoms with E-state index in [0.717, 1.165) is 12.8 Å². The lowest BCUT2D eigenvalue weighted by Crippen LogP contribution is -2.30. The van der Waals surface area contributed by atoms with E-state index in [-0.39, 0.29) is 0 Å². The monoisotopic (exact) mass is 300 g/mol. The van der Waals surface area contributed by atoms with Crippen molar-refractivity contribution in [3.8, 4) is 0 Å². The molecule has 0 nitrogen and oxygen atoms in total. The molecule has 0 bridgehead atoms. The number of thioether (sulfide) groups is 2. The molecule has 0 spiro atoms. The van der Waals surface area contributed by atoms with Crippen LogP contribution < -0.4 is 0 Å². The third-order valence-corrected chi connectivity index (χ3v) is 6.97. The van der Waals surface area contributed by atoms with Gasteiger partial charge < -0.3 is 0 Å². The second-order valence-corrected chi connectivity index (χ2v) is 8.50. The molecule has 0 aliphatic carbocycles. The van der Waals surface area contributed by atoms with Gasteiger partial charge in [0.05, 0.1) is 4.08 Å². The molecule has 0 saturated carbocycles. The summed E-state index contributed by atoms with van der Waals surface area (Å²) in [7, 11) is 0. The molecule has 0 amide bonds. The van der Waals surface area contributed by atoms with Gasteiger partial charge in [0, 0.05) is 0 Å². The average molecular weight is 300 g/mol. The molecule has 0 N–H and O–H groups in total. The average Bonchev–Trinajstić information content (AvgIpc) is 2.50. The van der Waals surface area contributed by atoms with E-state index in [1.54, 1.807) is 0 Å². The van der Waals surface area contributed by atoms with Crippen LogP contribution in [0.3, 0.4) is 0 Å². The Balaban J connectivity index is 1.81. The Bertz CT molecular complexity index is 472. The molecule has 104 valence electrons. The van der Waals surface area contributed by atoms with Crippen LogP contribution in [0.25, 0.3) is 0 Å². The van der Waals surface area contributed by atoms with Crippen molar-refractivity contribution in [2.24, 2.45) is 0 Å². The molecule has 1 aliphatic rings. The highest BCUT2D eigenvalue weighted by molar-refractivity contribution is 8.18. The summed E-state index contributed by atoms with van der Waals surface area (Å²) in [6, 6.07) is 21.9. The largest absolute Gasteiger partial charge is 0.143 e. The minimum atomic E-state index is 0.320. The van der Waals surface area contributed by atoms with Gasteiger partial charge in [-0.05, 0) is 41.9 Å². The van der Waals surface area contributed by atoms with Crippen LogP contribution in [0.15, 0.2) is 60.7 Å². The molecule has 0 aromatic heterocycles. The first kappa shape index (κ1) is 14.1. The summed E-state index contributed by atoms with van der Waals surface area (Å²) in [4.78, 5) is 0. The summed E-state index contributed by atoms with van der Waals surface area (Å²) < 4.78 is 0.320. The first-order valence-corrected chi connectivity index (χ1v) is 9.19. The molecule has 0 radical (unpaired) electrons. The summed E-state index contributed by atoms with van der Waals surface area (Å²) in [5.74, 6) is 2.60. The molecule has 1 heterocycles. The van der Waals surface area contributed by atoms with Crippen molar-refractivity contribution in [2.75, 3.05) is 11.5 Å². The van der Waals surface area contributed by atoms with Crippen molar-refractivity contribution in [2.45, 2.75) is 23.3 Å². The highest BCUT2D eigenvalue weighted by Crippen LogP contribution is 2.46. The summed E-state index contributed by atoms with van der Waals surface area (Å²) in [5, 5.41) is 0. The topological polar surface area (TPSA) is 0 Å². The fraction of sp³-hybridized carbons (Fsp3) is 0.333. The predicted molar refractivity (Wildman–Crippen MR) is 92.6 cm³/mol. The normalized spacial score (nSPS) is 17.8. The molecule has 0 unspecified atom stereocenters. The Morgan fingerprint density at radius 1 is 0.700 bits per heavy atom. The quantitative estimate of drug-likeness (QED) is 0.776. The van der Waals surface area contributed by atoms with E-state index in [0.29, 0.717) is 4.08 Å². The smallest absolute Gasteiger partial charge is 0.0691 e. The maximum Gasteiger partial charge on any atom is 0.0691 e. The summed E-state index contributed by atoms with van der Waals surface area (Å²) in [5.41, 5.74) is 2.93. The molecule has 20 heavy (non-hydrogen) atoms. The minimum Gasteiger partial charge on any atom is -0.143 e. The molecular weight excluding hydrogens is 280 g/mol. The zero-order valence-corrected chi connectivity index (χ0v) is 13.3. The third kappa shape index (κ3) is 3.62. The van der Waals surface area contributed by atoms with Gasteiger partial charge >= 0.3 is 0 Å². The van der Waals surface area contributed by atoms with Crippen molar-refractivity contribution in [1.29, 1.82) is 0 Å². The standard InChI is InChI=1S/C18H20S2/c1-3-8-16(9-4-1)14-18(19-12-7-13-20-18)15-17-10-5-2-6-11-17/h1-6,8-11H,7,12-15H2. The molecule has 2 aromatic carbocycles. The van der Waals surface area contributed by atoms with Crippen molar-refractivity contribution >= 4 is 23.5 Å². The van der Waals surface area contributed by atoms with Gasteiger partial charge in [0.15, 0.2) is 0 Å². The van der Waals surface area contributed by atoms with Crippen LogP contribution in [0.5, 0.6) is 0 Å². The van der Waals surface area contributed by atoms with Gasteiger partial charge in [0.1, 0.15) is 0 Å². The molecule has 0 atom stereocenters. The highest BCUT2D eigenvalue weighted by atomic mass is 32.2. The summed E-state index contributed by atoms with van der Waals surface area (Å²) in [6.07, 6.45) is 3.68. The van der Waals surface area contributed by atoms with Crippen LogP contribution in [-0.4, -0.2) is 15.6 Å². The first-order chi connectivity index (χ1) is 9.86. The first-order valence-electron chi connectivity index (χ1n) is 7.22. The maximum atomic E-state index is 2.27. The Morgan fingerprint density at radius 3 is 1.60 bits per heavy atom. The van der Waals surface area contributed by atoms with Crippen molar-refractivity contribution in [3.05, 3.63) is 71.8 Å². The van der Waals surface area contributed by atoms with Gasteiger partial charge in [-0.3, -0.25) is 0 Å². The Kier molecular flexibility index (Phi) is 4.74. The summed E-state index contributed by atoms with van der Waals surface area (Å²) in [6.45, 7) is 0. The molecule has 1 saturated heterocycles. The zero-order valence-electron chi connectivity index (χ0n) is 11.6. The van der Waals surface area contributed by atoms with Gasteiger partial charge in [0.2, 0.25) is 0 Å². The van der Waals surface area contributed by atoms with Crippen LogP contribution in [0.2, 0.25) is 0 Å². The lowest BCUT2D eigenvalue weighted by Gasteiger charge is -2.36. The van der Waals surface area contributed by atoms with Crippen molar-refractivity contribution < 1.29 is 0 Å². The second kappa shape index (κ2) is 6.73. The molecule has 2 heteroatoms. The molecule has 2 aromatic rings. The lowest BCUT2D eigenvalue weighted by atomic mass is 10.0. The van der Waals surface area contributed by atoms with E-state index >= 15 is 0 Å². The summed E-state index contributed by atoms with van der Waals surface area (Å²) >= 11 is 4.33. The molecule has 1 aliphatic heterocycles. The van der Waals surface area contributed by atoms with E-state index < -0.39 is 0 Å². The van der Waals surface area contributed by atoms with Gasteiger partial charge in [-0.2, -0.15) is 0 Å². The van der Waals surface area contributed by atoms with Crippen LogP contribution in [-0.2, 0) is 12.8 Å². The fourth-order valence-electron chi connectivity index (χ4n) is 2.70. The molecular formula is C18H20S2. The van der Waals surface area contributed by atoms with E-state index in [1.807, 2.05) is 0 Å². The Hall–Kier alpha value is -0.860. The fourth-order valence-corrected chi connectivity index (χ4v) is 6.11. The molecule has 1 fully saturated rings. The van der Waals surface area contributed by atoms with Crippen LogP contribution >= 0.6 is 23.5 Å². The Labute approximate surface area is 130 Å². The van der Waals surface area contributed by atoms with Crippen LogP contribution in [0.4, 0.5) is 0 Å². The van der Waals surface area contributed by atoms with Crippen LogP contribution in [0.1, 0.15) is 17.5 Å². The number of hydrogen-bond donors (Lipinski definition) is 0. The van der Waals surface area contributed by atoms with E-state index in [2.05, 4.69) is 84.2 Å². The number of benzene rings is 2.